The van der Waals surface area contributed by atoms with E-state index in [0.717, 1.165) is 40.9 Å². The lowest BCUT2D eigenvalue weighted by Gasteiger charge is -2.30. The van der Waals surface area contributed by atoms with E-state index in [9.17, 15) is 4.79 Å². The number of fused-ring (bicyclic) bond motifs is 1. The van der Waals surface area contributed by atoms with Crippen LogP contribution in [-0.4, -0.2) is 52.6 Å². The highest BCUT2D eigenvalue weighted by Gasteiger charge is 2.31. The van der Waals surface area contributed by atoms with Crippen molar-refractivity contribution in [3.05, 3.63) is 23.0 Å². The molecule has 0 bridgehead atoms. The Bertz CT molecular complexity index is 837. The summed E-state index contributed by atoms with van der Waals surface area (Å²) in [6.07, 6.45) is 2.28. The predicted molar refractivity (Wildman–Crippen MR) is 118 cm³/mol. The van der Waals surface area contributed by atoms with Gasteiger partial charge in [-0.25, -0.2) is 9.48 Å². The average Bonchev–Trinajstić information content (AvgIpc) is 3.23. The second kappa shape index (κ2) is 8.57. The first-order valence-electron chi connectivity index (χ1n) is 10.1. The van der Waals surface area contributed by atoms with Crippen molar-refractivity contribution < 1.29 is 14.3 Å². The van der Waals surface area contributed by atoms with Crippen LogP contribution in [0.5, 0.6) is 0 Å². The maximum atomic E-state index is 12.6. The van der Waals surface area contributed by atoms with Crippen LogP contribution in [0.3, 0.4) is 0 Å². The molecule has 0 atom stereocenters. The van der Waals surface area contributed by atoms with Gasteiger partial charge in [-0.1, -0.05) is 19.6 Å². The van der Waals surface area contributed by atoms with E-state index in [-0.39, 0.29) is 6.09 Å². The molecule has 9 heteroatoms. The van der Waals surface area contributed by atoms with Gasteiger partial charge in [0, 0.05) is 45.1 Å². The van der Waals surface area contributed by atoms with Gasteiger partial charge in [-0.05, 0) is 26.8 Å². The molecule has 7 nitrogen and oxygen atoms in total. The van der Waals surface area contributed by atoms with Crippen molar-refractivity contribution in [2.75, 3.05) is 13.2 Å². The van der Waals surface area contributed by atoms with E-state index in [1.807, 2.05) is 31.6 Å². The maximum Gasteiger partial charge on any atom is 0.410 e. The predicted octanol–water partition coefficient (Wildman–Crippen LogP) is 4.61. The average molecular weight is 437 g/mol. The minimum absolute atomic E-state index is 0.280. The zero-order valence-electron chi connectivity index (χ0n) is 18.3. The van der Waals surface area contributed by atoms with E-state index in [0.29, 0.717) is 19.8 Å². The van der Waals surface area contributed by atoms with Crippen molar-refractivity contribution >= 4 is 25.5 Å². The van der Waals surface area contributed by atoms with Crippen LogP contribution in [0.1, 0.15) is 32.0 Å². The van der Waals surface area contributed by atoms with E-state index in [1.54, 1.807) is 21.7 Å². The third-order valence-corrected chi connectivity index (χ3v) is 7.15. The Balaban J connectivity index is 1.78. The van der Waals surface area contributed by atoms with E-state index in [1.165, 1.54) is 0 Å². The summed E-state index contributed by atoms with van der Waals surface area (Å²) in [5, 5.41) is 4.83. The molecule has 1 amide bonds. The summed E-state index contributed by atoms with van der Waals surface area (Å²) < 4.78 is 13.5. The van der Waals surface area contributed by atoms with Gasteiger partial charge in [0.2, 0.25) is 0 Å². The fourth-order valence-electron chi connectivity index (χ4n) is 3.14. The Kier molecular flexibility index (Phi) is 6.50. The summed E-state index contributed by atoms with van der Waals surface area (Å²) in [6, 6.07) is 1.13. The van der Waals surface area contributed by atoms with Crippen LogP contribution in [0.15, 0.2) is 11.7 Å². The van der Waals surface area contributed by atoms with Crippen LogP contribution < -0.4 is 0 Å². The largest absolute Gasteiger partial charge is 0.444 e. The zero-order chi connectivity index (χ0) is 21.2. The number of hydrogen-bond acceptors (Lipinski definition) is 6. The number of hydrogen-bond donors (Lipinski definition) is 0. The molecule has 1 aliphatic rings. The molecule has 3 heterocycles. The van der Waals surface area contributed by atoms with Gasteiger partial charge in [0.1, 0.15) is 18.0 Å². The molecule has 0 unspecified atom stereocenters. The Morgan fingerprint density at radius 2 is 2.07 bits per heavy atom. The van der Waals surface area contributed by atoms with Crippen LogP contribution in [0.2, 0.25) is 25.7 Å². The quantitative estimate of drug-likeness (QED) is 0.488. The number of carbonyl (C=O) groups excluding carboxylic acids is 1. The lowest BCUT2D eigenvalue weighted by Crippen LogP contribution is -2.40. The molecule has 2 aromatic rings. The van der Waals surface area contributed by atoms with Crippen LogP contribution in [0.25, 0.3) is 10.6 Å². The number of ether oxygens (including phenoxy) is 2. The molecule has 0 N–H and O–H groups in total. The van der Waals surface area contributed by atoms with Gasteiger partial charge < -0.3 is 14.4 Å². The second-order valence-corrected chi connectivity index (χ2v) is 16.1. The summed E-state index contributed by atoms with van der Waals surface area (Å²) in [7, 11) is -1.12. The molecule has 3 rings (SSSR count). The van der Waals surface area contributed by atoms with Crippen LogP contribution >= 0.6 is 11.3 Å². The fourth-order valence-corrected chi connectivity index (χ4v) is 4.53. The molecule has 0 saturated carbocycles. The molecule has 0 saturated heterocycles. The highest BCUT2D eigenvalue weighted by molar-refractivity contribution is 7.13. The van der Waals surface area contributed by atoms with Gasteiger partial charge in [-0.15, -0.1) is 11.3 Å². The number of nitrogens with zero attached hydrogens (tertiary/aromatic N) is 4. The van der Waals surface area contributed by atoms with E-state index < -0.39 is 13.7 Å². The number of amides is 1. The lowest BCUT2D eigenvalue weighted by atomic mass is 10.0. The topological polar surface area (TPSA) is 69.5 Å². The molecular formula is C20H32N4O3SSi. The number of rotatable bonds is 6. The van der Waals surface area contributed by atoms with E-state index in [2.05, 4.69) is 24.6 Å². The van der Waals surface area contributed by atoms with Gasteiger partial charge in [-0.2, -0.15) is 5.10 Å². The van der Waals surface area contributed by atoms with Crippen molar-refractivity contribution in [2.45, 2.75) is 71.8 Å². The Labute approximate surface area is 178 Å². The Morgan fingerprint density at radius 3 is 2.69 bits per heavy atom. The first kappa shape index (κ1) is 22.0. The molecule has 29 heavy (non-hydrogen) atoms. The first-order valence-corrected chi connectivity index (χ1v) is 14.7. The van der Waals surface area contributed by atoms with Crippen molar-refractivity contribution in [3.8, 4) is 10.6 Å². The molecule has 0 aliphatic carbocycles. The van der Waals surface area contributed by atoms with Gasteiger partial charge in [-0.3, -0.25) is 4.98 Å². The summed E-state index contributed by atoms with van der Waals surface area (Å²) in [4.78, 5) is 19.5. The smallest absolute Gasteiger partial charge is 0.410 e. The van der Waals surface area contributed by atoms with Crippen molar-refractivity contribution in [1.82, 2.24) is 19.7 Å². The molecule has 160 valence electrons. The van der Waals surface area contributed by atoms with Gasteiger partial charge >= 0.3 is 6.09 Å². The lowest BCUT2D eigenvalue weighted by molar-refractivity contribution is 0.0219. The Hall–Kier alpha value is -1.71. The summed E-state index contributed by atoms with van der Waals surface area (Å²) in [5.74, 6) is 0. The minimum Gasteiger partial charge on any atom is -0.444 e. The minimum atomic E-state index is -1.12. The molecule has 0 fully saturated rings. The van der Waals surface area contributed by atoms with E-state index >= 15 is 0 Å². The molecule has 1 aliphatic heterocycles. The standard InChI is InChI=1S/C20H32N4O3SSi/c1-20(2,3)27-19(25)23-8-7-16-15(12-23)18(17-11-21-13-28-17)22-24(16)14-26-9-10-29(4,5)6/h11,13H,7-10,12,14H2,1-6H3. The first-order chi connectivity index (χ1) is 13.5. The van der Waals surface area contributed by atoms with Gasteiger partial charge in [0.25, 0.3) is 0 Å². The highest BCUT2D eigenvalue weighted by Crippen LogP contribution is 2.32. The summed E-state index contributed by atoms with van der Waals surface area (Å²) in [5.41, 5.74) is 4.40. The maximum absolute atomic E-state index is 12.6. The monoisotopic (exact) mass is 436 g/mol. The summed E-state index contributed by atoms with van der Waals surface area (Å²) >= 11 is 1.56. The number of aromatic nitrogens is 3. The molecule has 0 radical (unpaired) electrons. The fraction of sp³-hybridized carbons (Fsp3) is 0.650. The zero-order valence-corrected chi connectivity index (χ0v) is 20.1. The summed E-state index contributed by atoms with van der Waals surface area (Å²) in [6.45, 7) is 15.0. The van der Waals surface area contributed by atoms with Gasteiger partial charge in [0.15, 0.2) is 0 Å². The van der Waals surface area contributed by atoms with Crippen LogP contribution in [0, 0.1) is 0 Å². The van der Waals surface area contributed by atoms with Crippen molar-refractivity contribution in [2.24, 2.45) is 0 Å². The van der Waals surface area contributed by atoms with Crippen molar-refractivity contribution in [1.29, 1.82) is 0 Å². The van der Waals surface area contributed by atoms with E-state index in [4.69, 9.17) is 14.6 Å². The molecule has 2 aromatic heterocycles. The van der Waals surface area contributed by atoms with Crippen LogP contribution in [0.4, 0.5) is 4.79 Å². The number of carbonyl (C=O) groups is 1. The van der Waals surface area contributed by atoms with Gasteiger partial charge in [0.05, 0.1) is 16.9 Å². The van der Waals surface area contributed by atoms with Crippen LogP contribution in [-0.2, 0) is 29.2 Å². The van der Waals surface area contributed by atoms with Crippen molar-refractivity contribution in [3.63, 3.8) is 0 Å². The highest BCUT2D eigenvalue weighted by atomic mass is 32.1. The molecule has 0 spiro atoms. The molecular weight excluding hydrogens is 404 g/mol. The third-order valence-electron chi connectivity index (χ3n) is 4.66. The molecule has 0 aromatic carbocycles. The number of thiazole rings is 1. The normalized spacial score (nSPS) is 14.8. The Morgan fingerprint density at radius 1 is 1.31 bits per heavy atom. The second-order valence-electron chi connectivity index (χ2n) is 9.64. The third kappa shape index (κ3) is 5.89. The SMILES string of the molecule is CC(C)(C)OC(=O)N1CCc2c(c(-c3cncs3)nn2COCC[Si](C)(C)C)C1.